The topological polar surface area (TPSA) is 44.8 Å². The number of fused-ring (bicyclic) bond motifs is 1. The van der Waals surface area contributed by atoms with E-state index in [1.54, 1.807) is 12.1 Å². The molecule has 0 bridgehead atoms. The van der Waals surface area contributed by atoms with Gasteiger partial charge in [-0.15, -0.1) is 0 Å². The third kappa shape index (κ3) is 4.43. The van der Waals surface area contributed by atoms with Gasteiger partial charge in [-0.3, -0.25) is 9.69 Å². The lowest BCUT2D eigenvalue weighted by Gasteiger charge is -2.50. The van der Waals surface area contributed by atoms with Gasteiger partial charge in [-0.05, 0) is 43.5 Å². The van der Waals surface area contributed by atoms with Gasteiger partial charge in [-0.2, -0.15) is 0 Å². The first-order chi connectivity index (χ1) is 13.0. The van der Waals surface area contributed by atoms with Crippen molar-refractivity contribution >= 4 is 29.1 Å². The highest BCUT2D eigenvalue weighted by molar-refractivity contribution is 6.42. The molecule has 148 valence electrons. The predicted octanol–water partition coefficient (Wildman–Crippen LogP) is 2.45. The lowest BCUT2D eigenvalue weighted by molar-refractivity contribution is -0.142. The summed E-state index contributed by atoms with van der Waals surface area (Å²) in [7, 11) is 2.17. The van der Waals surface area contributed by atoms with Crippen LogP contribution in [-0.2, 0) is 16.0 Å². The van der Waals surface area contributed by atoms with E-state index in [-0.39, 0.29) is 24.0 Å². The van der Waals surface area contributed by atoms with Gasteiger partial charge in [0, 0.05) is 19.6 Å². The van der Waals surface area contributed by atoms with E-state index in [1.807, 2.05) is 6.07 Å². The number of nitrogens with one attached hydrogen (secondary N) is 1. The molecule has 1 saturated carbocycles. The maximum atomic E-state index is 13.2. The molecule has 1 aromatic carbocycles. The first kappa shape index (κ1) is 19.5. The van der Waals surface area contributed by atoms with Crippen LogP contribution < -0.4 is 5.32 Å². The predicted molar refractivity (Wildman–Crippen MR) is 107 cm³/mol. The molecule has 0 radical (unpaired) electrons. The van der Waals surface area contributed by atoms with Gasteiger partial charge < -0.3 is 15.0 Å². The highest BCUT2D eigenvalue weighted by atomic mass is 35.5. The molecule has 2 heterocycles. The van der Waals surface area contributed by atoms with Crippen LogP contribution in [0.25, 0.3) is 0 Å². The molecule has 27 heavy (non-hydrogen) atoms. The Morgan fingerprint density at radius 3 is 2.85 bits per heavy atom. The quantitative estimate of drug-likeness (QED) is 0.807. The Hall–Kier alpha value is -0.850. The van der Waals surface area contributed by atoms with E-state index in [0.717, 1.165) is 31.1 Å². The van der Waals surface area contributed by atoms with Crippen molar-refractivity contribution in [3.8, 4) is 0 Å². The van der Waals surface area contributed by atoms with Crippen molar-refractivity contribution in [2.45, 2.75) is 37.4 Å². The van der Waals surface area contributed by atoms with Crippen LogP contribution in [0.4, 0.5) is 0 Å². The molecule has 2 saturated heterocycles. The molecule has 0 spiro atoms. The number of nitrogens with zero attached hydrogens (tertiary/aromatic N) is 2. The van der Waals surface area contributed by atoms with Crippen molar-refractivity contribution in [2.75, 3.05) is 39.9 Å². The fourth-order valence-electron chi connectivity index (χ4n) is 4.35. The second-order valence-electron chi connectivity index (χ2n) is 8.05. The number of ether oxygens (including phenoxy) is 1. The number of hydrogen-bond acceptors (Lipinski definition) is 4. The molecular formula is C20H27Cl2N3O2. The average molecular weight is 412 g/mol. The van der Waals surface area contributed by atoms with Gasteiger partial charge in [0.1, 0.15) is 0 Å². The number of benzene rings is 1. The number of piperazine rings is 1. The van der Waals surface area contributed by atoms with E-state index in [2.05, 4.69) is 22.2 Å². The molecule has 2 aliphatic heterocycles. The zero-order valence-corrected chi connectivity index (χ0v) is 17.2. The molecule has 1 amide bonds. The van der Waals surface area contributed by atoms with Crippen molar-refractivity contribution in [3.63, 3.8) is 0 Å². The van der Waals surface area contributed by atoms with Crippen molar-refractivity contribution < 1.29 is 9.53 Å². The molecule has 3 aliphatic rings. The monoisotopic (exact) mass is 411 g/mol. The van der Waals surface area contributed by atoms with E-state index in [9.17, 15) is 4.79 Å². The molecule has 3 atom stereocenters. The van der Waals surface area contributed by atoms with E-state index >= 15 is 0 Å². The SMILES string of the molecule is CN(CC1CC1)C1COCC2NCCN(C(=O)Cc3ccc(Cl)c(Cl)c3)[C@@H]21. The zero-order chi connectivity index (χ0) is 19.0. The lowest BCUT2D eigenvalue weighted by Crippen LogP contribution is -2.70. The van der Waals surface area contributed by atoms with Crippen LogP contribution in [0.3, 0.4) is 0 Å². The van der Waals surface area contributed by atoms with E-state index in [4.69, 9.17) is 27.9 Å². The molecule has 1 aromatic rings. The minimum Gasteiger partial charge on any atom is -0.378 e. The van der Waals surface area contributed by atoms with Crippen molar-refractivity contribution in [1.82, 2.24) is 15.1 Å². The van der Waals surface area contributed by atoms with Crippen molar-refractivity contribution in [1.29, 1.82) is 0 Å². The largest absolute Gasteiger partial charge is 0.378 e. The Labute approximate surface area is 170 Å². The Morgan fingerprint density at radius 2 is 2.11 bits per heavy atom. The van der Waals surface area contributed by atoms with Crippen LogP contribution in [0.2, 0.25) is 10.0 Å². The molecule has 7 heteroatoms. The van der Waals surface area contributed by atoms with E-state index < -0.39 is 0 Å². The van der Waals surface area contributed by atoms with Crippen LogP contribution in [0, 0.1) is 5.92 Å². The molecule has 1 N–H and O–H groups in total. The number of likely N-dealkylation sites (N-methyl/N-ethyl adjacent to an activating group) is 1. The summed E-state index contributed by atoms with van der Waals surface area (Å²) in [5, 5.41) is 4.56. The Balaban J connectivity index is 1.50. The van der Waals surface area contributed by atoms with Gasteiger partial charge in [0.15, 0.2) is 0 Å². The van der Waals surface area contributed by atoms with Crippen LogP contribution in [0.15, 0.2) is 18.2 Å². The number of carbonyl (C=O) groups is 1. The standard InChI is InChI=1S/C20H27Cl2N3O2/c1-24(10-13-2-3-13)18-12-27-11-17-20(18)25(7-6-23-17)19(26)9-14-4-5-15(21)16(22)8-14/h4-5,8,13,17-18,20,23H,2-3,6-7,9-12H2,1H3/t17?,18?,20-/m0/s1. The summed E-state index contributed by atoms with van der Waals surface area (Å²) in [5.74, 6) is 0.962. The number of hydrogen-bond donors (Lipinski definition) is 1. The molecule has 4 rings (SSSR count). The second-order valence-corrected chi connectivity index (χ2v) is 8.87. The summed E-state index contributed by atoms with van der Waals surface area (Å²) in [6, 6.07) is 6.00. The lowest BCUT2D eigenvalue weighted by atomic mass is 9.92. The smallest absolute Gasteiger partial charge is 0.227 e. The van der Waals surface area contributed by atoms with E-state index in [0.29, 0.717) is 29.7 Å². The van der Waals surface area contributed by atoms with Gasteiger partial charge in [0.25, 0.3) is 0 Å². The summed E-state index contributed by atoms with van der Waals surface area (Å²) in [6.07, 6.45) is 2.99. The van der Waals surface area contributed by atoms with Crippen molar-refractivity contribution in [3.05, 3.63) is 33.8 Å². The highest BCUT2D eigenvalue weighted by Gasteiger charge is 2.44. The number of halogens is 2. The fraction of sp³-hybridized carbons (Fsp3) is 0.650. The number of carbonyl (C=O) groups excluding carboxylic acids is 1. The minimum absolute atomic E-state index is 0.145. The summed E-state index contributed by atoms with van der Waals surface area (Å²) in [5.41, 5.74) is 0.902. The van der Waals surface area contributed by atoms with Crippen molar-refractivity contribution in [2.24, 2.45) is 5.92 Å². The molecular weight excluding hydrogens is 385 g/mol. The van der Waals surface area contributed by atoms with Gasteiger partial charge in [-0.1, -0.05) is 29.3 Å². The average Bonchev–Trinajstić information content (AvgIpc) is 3.47. The van der Waals surface area contributed by atoms with Gasteiger partial charge in [0.05, 0.1) is 47.8 Å². The Bertz CT molecular complexity index is 696. The Morgan fingerprint density at radius 1 is 1.30 bits per heavy atom. The van der Waals surface area contributed by atoms with Crippen LogP contribution in [0.5, 0.6) is 0 Å². The summed E-state index contributed by atoms with van der Waals surface area (Å²) in [4.78, 5) is 17.7. The third-order valence-corrected chi connectivity index (χ3v) is 6.72. The molecule has 2 unspecified atom stereocenters. The summed E-state index contributed by atoms with van der Waals surface area (Å²) >= 11 is 12.1. The number of amides is 1. The Kier molecular flexibility index (Phi) is 5.95. The van der Waals surface area contributed by atoms with E-state index in [1.165, 1.54) is 12.8 Å². The zero-order valence-electron chi connectivity index (χ0n) is 15.7. The van der Waals surface area contributed by atoms with Gasteiger partial charge in [0.2, 0.25) is 5.91 Å². The van der Waals surface area contributed by atoms with Gasteiger partial charge >= 0.3 is 0 Å². The third-order valence-electron chi connectivity index (χ3n) is 5.98. The normalized spacial score (nSPS) is 28.3. The highest BCUT2D eigenvalue weighted by Crippen LogP contribution is 2.32. The van der Waals surface area contributed by atoms with Crippen LogP contribution in [0.1, 0.15) is 18.4 Å². The second kappa shape index (κ2) is 8.26. The number of rotatable bonds is 5. The summed E-state index contributed by atoms with van der Waals surface area (Å²) in [6.45, 7) is 3.97. The maximum absolute atomic E-state index is 13.2. The first-order valence-electron chi connectivity index (χ1n) is 9.77. The van der Waals surface area contributed by atoms with Crippen LogP contribution >= 0.6 is 23.2 Å². The summed E-state index contributed by atoms with van der Waals surface area (Å²) < 4.78 is 5.88. The molecule has 1 aliphatic carbocycles. The van der Waals surface area contributed by atoms with Gasteiger partial charge in [-0.25, -0.2) is 0 Å². The fourth-order valence-corrected chi connectivity index (χ4v) is 4.67. The maximum Gasteiger partial charge on any atom is 0.227 e. The first-order valence-corrected chi connectivity index (χ1v) is 10.5. The molecule has 5 nitrogen and oxygen atoms in total. The molecule has 0 aromatic heterocycles. The molecule has 3 fully saturated rings. The minimum atomic E-state index is 0.145. The van der Waals surface area contributed by atoms with Crippen LogP contribution in [-0.4, -0.2) is 73.7 Å².